The smallest absolute Gasteiger partial charge is 0.180 e. The van der Waals surface area contributed by atoms with E-state index in [0.717, 1.165) is 77.5 Å². The minimum atomic E-state index is 0.667. The fraction of sp³-hybridized carbons (Fsp3) is 0. The SMILES string of the molecule is c1ccc(-c2nc(-c3ccccc3)c3oc4cc(-c5cc(-c6ccc7c8ccccc8c8ccccc8c7c6)c6c(c5)oc5ccccc56)ccc4c3n2)cc1. The van der Waals surface area contributed by atoms with E-state index in [1.165, 1.54) is 32.3 Å². The number of hydrogen-bond acceptors (Lipinski definition) is 4. The average Bonchev–Trinajstić information content (AvgIpc) is 3.84. The van der Waals surface area contributed by atoms with Gasteiger partial charge in [-0.15, -0.1) is 0 Å². The van der Waals surface area contributed by atoms with Crippen molar-refractivity contribution in [3.63, 3.8) is 0 Å². The molecule has 0 saturated heterocycles. The predicted molar refractivity (Wildman–Crippen MR) is 231 cm³/mol. The highest BCUT2D eigenvalue weighted by molar-refractivity contribution is 6.26. The van der Waals surface area contributed by atoms with Crippen molar-refractivity contribution in [1.82, 2.24) is 9.97 Å². The molecule has 3 aromatic heterocycles. The Morgan fingerprint density at radius 3 is 1.62 bits per heavy atom. The molecule has 0 saturated carbocycles. The second-order valence-corrected chi connectivity index (χ2v) is 14.5. The fourth-order valence-electron chi connectivity index (χ4n) is 8.65. The number of hydrogen-bond donors (Lipinski definition) is 0. The molecule has 0 aliphatic rings. The van der Waals surface area contributed by atoms with Crippen LogP contribution in [-0.4, -0.2) is 9.97 Å². The number of benzene rings is 9. The van der Waals surface area contributed by atoms with Crippen LogP contribution in [0.1, 0.15) is 0 Å². The van der Waals surface area contributed by atoms with Crippen molar-refractivity contribution in [2.24, 2.45) is 0 Å². The summed E-state index contributed by atoms with van der Waals surface area (Å²) in [5, 5.41) is 10.7. The van der Waals surface area contributed by atoms with Gasteiger partial charge in [-0.2, -0.15) is 0 Å². The van der Waals surface area contributed by atoms with Gasteiger partial charge in [0.05, 0.1) is 0 Å². The van der Waals surface area contributed by atoms with Crippen LogP contribution in [-0.2, 0) is 0 Å². The van der Waals surface area contributed by atoms with Gasteiger partial charge in [-0.1, -0.05) is 146 Å². The number of fused-ring (bicyclic) bond motifs is 12. The highest BCUT2D eigenvalue weighted by atomic mass is 16.3. The zero-order valence-electron chi connectivity index (χ0n) is 30.0. The molecule has 260 valence electrons. The number of furan rings is 2. The molecule has 0 unspecified atom stereocenters. The summed E-state index contributed by atoms with van der Waals surface area (Å²) in [5.74, 6) is 0.667. The maximum Gasteiger partial charge on any atom is 0.180 e. The van der Waals surface area contributed by atoms with E-state index < -0.39 is 0 Å². The Morgan fingerprint density at radius 2 is 0.893 bits per heavy atom. The van der Waals surface area contributed by atoms with Crippen LogP contribution in [0.15, 0.2) is 191 Å². The summed E-state index contributed by atoms with van der Waals surface area (Å²) in [7, 11) is 0. The molecule has 0 amide bonds. The van der Waals surface area contributed by atoms with Crippen molar-refractivity contribution in [3.05, 3.63) is 182 Å². The van der Waals surface area contributed by atoms with E-state index in [4.69, 9.17) is 18.8 Å². The summed E-state index contributed by atoms with van der Waals surface area (Å²) < 4.78 is 13.3. The highest BCUT2D eigenvalue weighted by Gasteiger charge is 2.21. The van der Waals surface area contributed by atoms with Gasteiger partial charge in [0.1, 0.15) is 28.0 Å². The largest absolute Gasteiger partial charge is 0.456 e. The zero-order chi connectivity index (χ0) is 36.7. The molecule has 12 rings (SSSR count). The first-order valence-corrected chi connectivity index (χ1v) is 18.9. The van der Waals surface area contributed by atoms with E-state index in [9.17, 15) is 0 Å². The number of aromatic nitrogens is 2. The van der Waals surface area contributed by atoms with E-state index in [-0.39, 0.29) is 0 Å². The molecule has 4 heteroatoms. The number of nitrogens with zero attached hydrogens (tertiary/aromatic N) is 2. The van der Waals surface area contributed by atoms with Gasteiger partial charge in [-0.05, 0) is 91.0 Å². The van der Waals surface area contributed by atoms with Gasteiger partial charge in [0.2, 0.25) is 0 Å². The van der Waals surface area contributed by atoms with Crippen LogP contribution in [0.2, 0.25) is 0 Å². The van der Waals surface area contributed by atoms with Crippen LogP contribution in [0.3, 0.4) is 0 Å². The third kappa shape index (κ3) is 4.66. The first kappa shape index (κ1) is 30.9. The number of rotatable bonds is 4. The Morgan fingerprint density at radius 1 is 0.321 bits per heavy atom. The second-order valence-electron chi connectivity index (χ2n) is 14.5. The van der Waals surface area contributed by atoms with E-state index in [1.54, 1.807) is 0 Å². The van der Waals surface area contributed by atoms with Gasteiger partial charge in [0, 0.05) is 27.3 Å². The first-order chi connectivity index (χ1) is 27.7. The molecule has 9 aromatic carbocycles. The van der Waals surface area contributed by atoms with E-state index in [0.29, 0.717) is 11.4 Å². The molecule has 0 spiro atoms. The van der Waals surface area contributed by atoms with Crippen LogP contribution in [0.25, 0.3) is 121 Å². The summed E-state index contributed by atoms with van der Waals surface area (Å²) in [6.45, 7) is 0. The lowest BCUT2D eigenvalue weighted by molar-refractivity contribution is 0.667. The average molecular weight is 715 g/mol. The van der Waals surface area contributed by atoms with Crippen molar-refractivity contribution in [3.8, 4) is 44.9 Å². The summed E-state index contributed by atoms with van der Waals surface area (Å²) in [6.07, 6.45) is 0. The Labute approximate surface area is 320 Å². The van der Waals surface area contributed by atoms with Gasteiger partial charge in [0.15, 0.2) is 11.4 Å². The maximum atomic E-state index is 6.72. The molecule has 0 atom stereocenters. The molecule has 56 heavy (non-hydrogen) atoms. The van der Waals surface area contributed by atoms with Crippen LogP contribution in [0.4, 0.5) is 0 Å². The topological polar surface area (TPSA) is 52.1 Å². The van der Waals surface area contributed by atoms with Crippen molar-refractivity contribution < 1.29 is 8.83 Å². The molecule has 3 heterocycles. The minimum Gasteiger partial charge on any atom is -0.456 e. The summed E-state index contributed by atoms with van der Waals surface area (Å²) in [4.78, 5) is 10.1. The second kappa shape index (κ2) is 12.0. The quantitative estimate of drug-likeness (QED) is 0.170. The predicted octanol–water partition coefficient (Wildman–Crippen LogP) is 14.4. The third-order valence-corrected chi connectivity index (χ3v) is 11.3. The van der Waals surface area contributed by atoms with Crippen molar-refractivity contribution in [2.75, 3.05) is 0 Å². The van der Waals surface area contributed by atoms with E-state index in [1.807, 2.05) is 60.7 Å². The van der Waals surface area contributed by atoms with Crippen molar-refractivity contribution in [1.29, 1.82) is 0 Å². The van der Waals surface area contributed by atoms with E-state index in [2.05, 4.69) is 121 Å². The molecular weight excluding hydrogens is 685 g/mol. The van der Waals surface area contributed by atoms with Gasteiger partial charge in [-0.3, -0.25) is 0 Å². The molecule has 0 aliphatic carbocycles. The van der Waals surface area contributed by atoms with Gasteiger partial charge >= 0.3 is 0 Å². The lowest BCUT2D eigenvalue weighted by atomic mass is 9.90. The molecule has 0 N–H and O–H groups in total. The minimum absolute atomic E-state index is 0.667. The van der Waals surface area contributed by atoms with Gasteiger partial charge in [-0.25, -0.2) is 9.97 Å². The number of para-hydroxylation sites is 1. The lowest BCUT2D eigenvalue weighted by Gasteiger charge is -2.13. The van der Waals surface area contributed by atoms with Crippen LogP contribution >= 0.6 is 0 Å². The van der Waals surface area contributed by atoms with Gasteiger partial charge < -0.3 is 8.83 Å². The monoisotopic (exact) mass is 714 g/mol. The molecule has 0 bridgehead atoms. The fourth-order valence-corrected chi connectivity index (χ4v) is 8.65. The standard InChI is InChI=1S/C52H30N2O2/c1-3-13-31(14-4-1)49-51-50(54-52(53-49)32-15-5-2-6-16-32)42-26-23-33(29-46(42)56-51)35-28-43(48-41-21-11-12-22-45(41)55-47(48)30-35)34-24-25-40-38-19-8-7-17-36(38)37-18-9-10-20-39(37)44(40)27-34/h1-30H. The molecule has 4 nitrogen and oxygen atoms in total. The summed E-state index contributed by atoms with van der Waals surface area (Å²) in [5.41, 5.74) is 11.0. The highest BCUT2D eigenvalue weighted by Crippen LogP contribution is 2.44. The lowest BCUT2D eigenvalue weighted by Crippen LogP contribution is -1.93. The Kier molecular flexibility index (Phi) is 6.60. The van der Waals surface area contributed by atoms with E-state index >= 15 is 0 Å². The zero-order valence-corrected chi connectivity index (χ0v) is 30.0. The Hall–Kier alpha value is -7.56. The Bertz CT molecular complexity index is 3490. The first-order valence-electron chi connectivity index (χ1n) is 18.9. The summed E-state index contributed by atoms with van der Waals surface area (Å²) in [6, 6.07) is 63.9. The summed E-state index contributed by atoms with van der Waals surface area (Å²) >= 11 is 0. The van der Waals surface area contributed by atoms with Crippen molar-refractivity contribution >= 4 is 76.3 Å². The molecule has 0 radical (unpaired) electrons. The molecule has 0 aliphatic heterocycles. The van der Waals surface area contributed by atoms with Crippen LogP contribution in [0, 0.1) is 0 Å². The Balaban J connectivity index is 1.09. The maximum absolute atomic E-state index is 6.72. The normalized spacial score (nSPS) is 11.9. The van der Waals surface area contributed by atoms with Crippen LogP contribution in [0.5, 0.6) is 0 Å². The van der Waals surface area contributed by atoms with Gasteiger partial charge in [0.25, 0.3) is 0 Å². The third-order valence-electron chi connectivity index (χ3n) is 11.3. The van der Waals surface area contributed by atoms with Crippen LogP contribution < -0.4 is 0 Å². The molecule has 0 fully saturated rings. The molecule has 12 aromatic rings. The molecular formula is C52H30N2O2. The van der Waals surface area contributed by atoms with Crippen molar-refractivity contribution in [2.45, 2.75) is 0 Å².